The van der Waals surface area contributed by atoms with Crippen molar-refractivity contribution in [1.82, 2.24) is 4.98 Å². The van der Waals surface area contributed by atoms with Gasteiger partial charge in [0, 0.05) is 71.7 Å². The molecule has 0 saturated carbocycles. The first-order valence-electron chi connectivity index (χ1n) is 17.2. The van der Waals surface area contributed by atoms with Crippen molar-refractivity contribution in [3.8, 4) is 10.4 Å². The number of halogens is 2. The largest absolute Gasteiger partial charge is 0.381 e. The van der Waals surface area contributed by atoms with Gasteiger partial charge in [0.2, 0.25) is 0 Å². The molecule has 12 heteroatoms. The third-order valence-electron chi connectivity index (χ3n) is 10.1. The third kappa shape index (κ3) is 6.22. The fourth-order valence-electron chi connectivity index (χ4n) is 7.30. The molecule has 0 atom stereocenters. The summed E-state index contributed by atoms with van der Waals surface area (Å²) in [6, 6.07) is 21.3. The molecule has 52 heavy (non-hydrogen) atoms. The van der Waals surface area contributed by atoms with Crippen LogP contribution < -0.4 is 20.4 Å². The number of aryl methyl sites for hydroxylation is 1. The lowest BCUT2D eigenvalue weighted by Crippen LogP contribution is -2.59. The Morgan fingerprint density at radius 3 is 2.37 bits per heavy atom. The molecule has 3 aromatic carbocycles. The Hall–Kier alpha value is -5.46. The first-order chi connectivity index (χ1) is 25.2. The number of hydrogen-bond acceptors (Lipinski definition) is 7. The summed E-state index contributed by atoms with van der Waals surface area (Å²) < 4.78 is 35.6. The Morgan fingerprint density at radius 1 is 0.885 bits per heavy atom. The van der Waals surface area contributed by atoms with Crippen LogP contribution in [0.3, 0.4) is 0 Å². The van der Waals surface area contributed by atoms with Crippen LogP contribution in [0.15, 0.2) is 85.1 Å². The fourth-order valence-corrected chi connectivity index (χ4v) is 8.46. The van der Waals surface area contributed by atoms with Crippen LogP contribution in [-0.2, 0) is 11.2 Å². The number of aromatic nitrogens is 1. The highest BCUT2D eigenvalue weighted by Crippen LogP contribution is 2.46. The molecule has 0 bridgehead atoms. The molecule has 264 valence electrons. The van der Waals surface area contributed by atoms with E-state index in [0.29, 0.717) is 44.3 Å². The van der Waals surface area contributed by atoms with Gasteiger partial charge in [0.1, 0.15) is 16.6 Å². The van der Waals surface area contributed by atoms with Crippen molar-refractivity contribution < 1.29 is 27.9 Å². The van der Waals surface area contributed by atoms with Gasteiger partial charge in [-0.15, -0.1) is 11.3 Å². The second kappa shape index (κ2) is 13.6. The minimum atomic E-state index is -0.742. The number of rotatable bonds is 6. The highest BCUT2D eigenvalue weighted by molar-refractivity contribution is 7.19. The summed E-state index contributed by atoms with van der Waals surface area (Å²) in [5.41, 5.74) is 3.98. The van der Waals surface area contributed by atoms with Gasteiger partial charge in [0.25, 0.3) is 17.7 Å². The van der Waals surface area contributed by atoms with E-state index < -0.39 is 17.5 Å². The van der Waals surface area contributed by atoms with Gasteiger partial charge in [-0.05, 0) is 80.3 Å². The van der Waals surface area contributed by atoms with Gasteiger partial charge in [-0.2, -0.15) is 0 Å². The van der Waals surface area contributed by atoms with Crippen LogP contribution in [0.5, 0.6) is 0 Å². The number of para-hydroxylation sites is 1. The Balaban J connectivity index is 0.985. The van der Waals surface area contributed by atoms with E-state index in [1.165, 1.54) is 24.3 Å². The minimum Gasteiger partial charge on any atom is -0.381 e. The zero-order valence-corrected chi connectivity index (χ0v) is 29.2. The molecule has 2 saturated heterocycles. The van der Waals surface area contributed by atoms with Crippen LogP contribution in [-0.4, -0.2) is 55.6 Å². The molecule has 0 radical (unpaired) electrons. The van der Waals surface area contributed by atoms with Crippen molar-refractivity contribution in [2.24, 2.45) is 5.41 Å². The average molecular weight is 720 g/mol. The molecule has 3 aliphatic heterocycles. The number of nitrogens with zero attached hydrogens (tertiary/aromatic N) is 3. The summed E-state index contributed by atoms with van der Waals surface area (Å²) in [7, 11) is 0. The SMILES string of the molecule is Cc1cnc(N2CC3(CCOCC3)C2)c(C(=O)Nc2ccc(C(=O)N3CCc4c(sc(NC(=O)c5ccccc5F)c4F)-c4ccccc43)cc2)c1. The number of benzene rings is 3. The van der Waals surface area contributed by atoms with Gasteiger partial charge >= 0.3 is 0 Å². The van der Waals surface area contributed by atoms with Crippen molar-refractivity contribution in [3.63, 3.8) is 0 Å². The maximum absolute atomic E-state index is 15.8. The number of carbonyl (C=O) groups excluding carboxylic acids is 3. The molecule has 2 N–H and O–H groups in total. The fraction of sp³-hybridized carbons (Fsp3) is 0.250. The van der Waals surface area contributed by atoms with Crippen LogP contribution in [0.25, 0.3) is 10.4 Å². The molecule has 9 nitrogen and oxygen atoms in total. The lowest BCUT2D eigenvalue weighted by molar-refractivity contribution is -0.000511. The van der Waals surface area contributed by atoms with Crippen LogP contribution in [0, 0.1) is 24.0 Å². The molecule has 5 aromatic rings. The first-order valence-corrected chi connectivity index (χ1v) is 18.0. The number of amides is 3. The zero-order chi connectivity index (χ0) is 36.0. The van der Waals surface area contributed by atoms with E-state index in [0.717, 1.165) is 56.0 Å². The normalized spacial score (nSPS) is 16.0. The predicted molar refractivity (Wildman–Crippen MR) is 198 cm³/mol. The number of fused-ring (bicyclic) bond motifs is 3. The van der Waals surface area contributed by atoms with E-state index >= 15 is 4.39 Å². The zero-order valence-electron chi connectivity index (χ0n) is 28.4. The highest BCUT2D eigenvalue weighted by atomic mass is 32.1. The standard InChI is InChI=1S/C40H35F2N5O4S/c1-24-20-30(35(43-21-24)46-22-40(23-46)15-18-51-19-16-40)37(49)44-26-12-10-25(11-13-26)39(50)47-17-14-29-33(42)38(45-36(48)27-6-2-4-8-31(27)41)52-34(29)28-7-3-5-9-32(28)47/h2-13,20-21H,14-19,22-23H2,1H3,(H,44,49)(H,45,48). The molecule has 8 rings (SSSR count). The predicted octanol–water partition coefficient (Wildman–Crippen LogP) is 7.72. The number of hydrogen-bond donors (Lipinski definition) is 2. The minimum absolute atomic E-state index is 0.00727. The second-order valence-electron chi connectivity index (χ2n) is 13.6. The molecule has 2 fully saturated rings. The van der Waals surface area contributed by atoms with Gasteiger partial charge in [0.15, 0.2) is 5.82 Å². The maximum atomic E-state index is 15.8. The van der Waals surface area contributed by atoms with Gasteiger partial charge in [-0.25, -0.2) is 13.8 Å². The number of thiophene rings is 1. The first kappa shape index (κ1) is 33.7. The number of anilines is 4. The van der Waals surface area contributed by atoms with Gasteiger partial charge in [-0.3, -0.25) is 14.4 Å². The van der Waals surface area contributed by atoms with Crippen LogP contribution in [0.2, 0.25) is 0 Å². The monoisotopic (exact) mass is 719 g/mol. The smallest absolute Gasteiger partial charge is 0.259 e. The van der Waals surface area contributed by atoms with E-state index in [1.54, 1.807) is 35.4 Å². The van der Waals surface area contributed by atoms with Crippen molar-refractivity contribution in [3.05, 3.63) is 125 Å². The summed E-state index contributed by atoms with van der Waals surface area (Å²) in [6.07, 6.45) is 3.99. The molecule has 3 aliphatic rings. The lowest BCUT2D eigenvalue weighted by atomic mass is 9.73. The molecular weight excluding hydrogens is 685 g/mol. The van der Waals surface area contributed by atoms with E-state index in [9.17, 15) is 18.8 Å². The van der Waals surface area contributed by atoms with Crippen molar-refractivity contribution in [1.29, 1.82) is 0 Å². The molecule has 0 unspecified atom stereocenters. The van der Waals surface area contributed by atoms with E-state index in [-0.39, 0.29) is 40.8 Å². The summed E-state index contributed by atoms with van der Waals surface area (Å²) in [5, 5.41) is 5.51. The maximum Gasteiger partial charge on any atom is 0.259 e. The van der Waals surface area contributed by atoms with E-state index in [4.69, 9.17) is 4.74 Å². The van der Waals surface area contributed by atoms with Gasteiger partial charge < -0.3 is 25.2 Å². The molecular formula is C40H35F2N5O4S. The number of ether oxygens (including phenoxy) is 1. The molecule has 0 aliphatic carbocycles. The Kier molecular flexibility index (Phi) is 8.80. The summed E-state index contributed by atoms with van der Waals surface area (Å²) in [5.74, 6) is -1.93. The molecule has 2 aromatic heterocycles. The second-order valence-corrected chi connectivity index (χ2v) is 14.6. The van der Waals surface area contributed by atoms with Crippen LogP contribution in [0.4, 0.5) is 31.0 Å². The highest BCUT2D eigenvalue weighted by Gasteiger charge is 2.45. The quantitative estimate of drug-likeness (QED) is 0.186. The van der Waals surface area contributed by atoms with Crippen molar-refractivity contribution >= 4 is 51.3 Å². The number of carbonyl (C=O) groups is 3. The number of nitrogens with one attached hydrogen (secondary N) is 2. The topological polar surface area (TPSA) is 104 Å². The Bertz CT molecular complexity index is 2210. The van der Waals surface area contributed by atoms with E-state index in [1.807, 2.05) is 37.3 Å². The van der Waals surface area contributed by atoms with Crippen LogP contribution >= 0.6 is 11.3 Å². The van der Waals surface area contributed by atoms with E-state index in [2.05, 4.69) is 20.5 Å². The molecule has 5 heterocycles. The van der Waals surface area contributed by atoms with Gasteiger partial charge in [0.05, 0.1) is 16.8 Å². The number of pyridine rings is 1. The summed E-state index contributed by atoms with van der Waals surface area (Å²) >= 11 is 1.06. The third-order valence-corrected chi connectivity index (χ3v) is 11.3. The summed E-state index contributed by atoms with van der Waals surface area (Å²) in [6.45, 7) is 5.31. The van der Waals surface area contributed by atoms with Crippen molar-refractivity contribution in [2.45, 2.75) is 26.2 Å². The Labute approximate surface area is 303 Å². The van der Waals surface area contributed by atoms with Crippen molar-refractivity contribution in [2.75, 3.05) is 53.3 Å². The summed E-state index contributed by atoms with van der Waals surface area (Å²) in [4.78, 5) is 49.4. The average Bonchev–Trinajstić information content (AvgIpc) is 3.35. The Morgan fingerprint density at radius 2 is 1.60 bits per heavy atom. The van der Waals surface area contributed by atoms with Crippen LogP contribution in [0.1, 0.15) is 55.0 Å². The van der Waals surface area contributed by atoms with Gasteiger partial charge in [-0.1, -0.05) is 30.3 Å². The molecule has 3 amide bonds. The lowest BCUT2D eigenvalue weighted by Gasteiger charge is -2.53. The molecule has 1 spiro atoms.